The van der Waals surface area contributed by atoms with E-state index in [0.29, 0.717) is 11.3 Å². The molecule has 1 aromatic heterocycles. The fourth-order valence-corrected chi connectivity index (χ4v) is 1.62. The molecule has 0 radical (unpaired) electrons. The Morgan fingerprint density at radius 1 is 1.17 bits per heavy atom. The minimum atomic E-state index is -0.374. The fourth-order valence-electron chi connectivity index (χ4n) is 1.62. The Balaban J connectivity index is 2.41. The third-order valence-corrected chi connectivity index (χ3v) is 2.55. The molecule has 0 spiro atoms. The summed E-state index contributed by atoms with van der Waals surface area (Å²) in [5.41, 5.74) is 2.07. The Labute approximate surface area is 105 Å². The smallest absolute Gasteiger partial charge is 0.337 e. The molecule has 0 aliphatic heterocycles. The highest BCUT2D eigenvalue weighted by molar-refractivity contribution is 5.90. The minimum Gasteiger partial charge on any atom is -0.497 e. The van der Waals surface area contributed by atoms with Gasteiger partial charge in [-0.05, 0) is 24.3 Å². The van der Waals surface area contributed by atoms with Crippen LogP contribution in [0.5, 0.6) is 5.75 Å². The third kappa shape index (κ3) is 2.48. The molecule has 0 saturated carbocycles. The van der Waals surface area contributed by atoms with Crippen molar-refractivity contribution in [3.8, 4) is 17.0 Å². The summed E-state index contributed by atoms with van der Waals surface area (Å²) < 4.78 is 9.84. The van der Waals surface area contributed by atoms with Crippen molar-refractivity contribution in [2.75, 3.05) is 14.2 Å². The van der Waals surface area contributed by atoms with Gasteiger partial charge in [0, 0.05) is 11.8 Å². The van der Waals surface area contributed by atoms with Gasteiger partial charge in [0.2, 0.25) is 0 Å². The molecule has 0 aliphatic rings. The first-order valence-corrected chi connectivity index (χ1v) is 5.43. The number of ether oxygens (including phenoxy) is 2. The molecule has 1 heterocycles. The number of methoxy groups -OCH3 is 2. The lowest BCUT2D eigenvalue weighted by molar-refractivity contribution is 0.0600. The van der Waals surface area contributed by atoms with E-state index in [1.54, 1.807) is 25.4 Å². The standard InChI is InChI=1S/C14H13NO3/c1-17-12-5-3-4-10(8-12)13-9-11(6-7-15-13)14(16)18-2/h3-9H,1-2H3. The Hall–Kier alpha value is -2.36. The number of benzene rings is 1. The van der Waals surface area contributed by atoms with Crippen LogP contribution in [0.25, 0.3) is 11.3 Å². The molecule has 18 heavy (non-hydrogen) atoms. The Kier molecular flexibility index (Phi) is 3.57. The van der Waals surface area contributed by atoms with Gasteiger partial charge in [0.05, 0.1) is 25.5 Å². The summed E-state index contributed by atoms with van der Waals surface area (Å²) in [5.74, 6) is 0.374. The molecule has 0 amide bonds. The van der Waals surface area contributed by atoms with Crippen molar-refractivity contribution in [3.63, 3.8) is 0 Å². The predicted octanol–water partition coefficient (Wildman–Crippen LogP) is 2.54. The third-order valence-electron chi connectivity index (χ3n) is 2.55. The molecule has 92 valence electrons. The number of aromatic nitrogens is 1. The van der Waals surface area contributed by atoms with E-state index in [1.165, 1.54) is 7.11 Å². The van der Waals surface area contributed by atoms with E-state index in [4.69, 9.17) is 4.74 Å². The summed E-state index contributed by atoms with van der Waals surface area (Å²) in [7, 11) is 2.96. The zero-order valence-corrected chi connectivity index (χ0v) is 10.2. The van der Waals surface area contributed by atoms with Crippen molar-refractivity contribution in [2.24, 2.45) is 0 Å². The molecule has 4 heteroatoms. The largest absolute Gasteiger partial charge is 0.497 e. The van der Waals surface area contributed by atoms with E-state index in [0.717, 1.165) is 11.3 Å². The molecule has 0 N–H and O–H groups in total. The first kappa shape index (κ1) is 12.1. The molecule has 0 bridgehead atoms. The molecular weight excluding hydrogens is 230 g/mol. The van der Waals surface area contributed by atoms with E-state index in [1.807, 2.05) is 24.3 Å². The lowest BCUT2D eigenvalue weighted by Gasteiger charge is -2.05. The van der Waals surface area contributed by atoms with Gasteiger partial charge in [-0.25, -0.2) is 4.79 Å². The van der Waals surface area contributed by atoms with E-state index >= 15 is 0 Å². The van der Waals surface area contributed by atoms with E-state index in [-0.39, 0.29) is 5.97 Å². The monoisotopic (exact) mass is 243 g/mol. The number of nitrogens with zero attached hydrogens (tertiary/aromatic N) is 1. The number of carbonyl (C=O) groups is 1. The predicted molar refractivity (Wildman–Crippen MR) is 67.6 cm³/mol. The zero-order chi connectivity index (χ0) is 13.0. The van der Waals surface area contributed by atoms with Crippen LogP contribution >= 0.6 is 0 Å². The van der Waals surface area contributed by atoms with Crippen molar-refractivity contribution in [1.29, 1.82) is 0 Å². The summed E-state index contributed by atoms with van der Waals surface area (Å²) >= 11 is 0. The molecule has 0 fully saturated rings. The van der Waals surface area contributed by atoms with Crippen LogP contribution in [-0.4, -0.2) is 25.2 Å². The quantitative estimate of drug-likeness (QED) is 0.777. The van der Waals surface area contributed by atoms with Gasteiger partial charge in [0.25, 0.3) is 0 Å². The summed E-state index contributed by atoms with van der Waals surface area (Å²) in [6, 6.07) is 10.8. The van der Waals surface area contributed by atoms with Gasteiger partial charge in [-0.2, -0.15) is 0 Å². The van der Waals surface area contributed by atoms with Crippen molar-refractivity contribution >= 4 is 5.97 Å². The van der Waals surface area contributed by atoms with Gasteiger partial charge in [-0.15, -0.1) is 0 Å². The van der Waals surface area contributed by atoms with Crippen molar-refractivity contribution in [3.05, 3.63) is 48.2 Å². The second-order valence-electron chi connectivity index (χ2n) is 3.65. The van der Waals surface area contributed by atoms with E-state index < -0.39 is 0 Å². The zero-order valence-electron chi connectivity index (χ0n) is 10.2. The van der Waals surface area contributed by atoms with Crippen LogP contribution in [0.2, 0.25) is 0 Å². The first-order chi connectivity index (χ1) is 8.74. The highest BCUT2D eigenvalue weighted by Crippen LogP contribution is 2.22. The number of hydrogen-bond donors (Lipinski definition) is 0. The molecular formula is C14H13NO3. The molecule has 0 saturated heterocycles. The molecule has 4 nitrogen and oxygen atoms in total. The first-order valence-electron chi connectivity index (χ1n) is 5.43. The number of pyridine rings is 1. The lowest BCUT2D eigenvalue weighted by atomic mass is 10.1. The van der Waals surface area contributed by atoms with Crippen molar-refractivity contribution in [2.45, 2.75) is 0 Å². The van der Waals surface area contributed by atoms with Crippen LogP contribution < -0.4 is 4.74 Å². The van der Waals surface area contributed by atoms with Crippen LogP contribution in [0, 0.1) is 0 Å². The van der Waals surface area contributed by atoms with Crippen molar-refractivity contribution < 1.29 is 14.3 Å². The second-order valence-corrected chi connectivity index (χ2v) is 3.65. The second kappa shape index (κ2) is 5.31. The Bertz CT molecular complexity index is 566. The lowest BCUT2D eigenvalue weighted by Crippen LogP contribution is -2.01. The number of carbonyl (C=O) groups excluding carboxylic acids is 1. The maximum atomic E-state index is 11.4. The van der Waals surface area contributed by atoms with Gasteiger partial charge in [0.15, 0.2) is 0 Å². The molecule has 0 atom stereocenters. The molecule has 1 aromatic carbocycles. The van der Waals surface area contributed by atoms with Gasteiger partial charge in [-0.3, -0.25) is 4.98 Å². The summed E-state index contributed by atoms with van der Waals surface area (Å²) in [6.07, 6.45) is 1.58. The summed E-state index contributed by atoms with van der Waals surface area (Å²) in [5, 5.41) is 0. The van der Waals surface area contributed by atoms with Crippen LogP contribution in [-0.2, 0) is 4.74 Å². The maximum Gasteiger partial charge on any atom is 0.337 e. The van der Waals surface area contributed by atoms with Gasteiger partial charge < -0.3 is 9.47 Å². The topological polar surface area (TPSA) is 48.4 Å². The minimum absolute atomic E-state index is 0.374. The fraction of sp³-hybridized carbons (Fsp3) is 0.143. The van der Waals surface area contributed by atoms with Gasteiger partial charge >= 0.3 is 5.97 Å². The van der Waals surface area contributed by atoms with Gasteiger partial charge in [0.1, 0.15) is 5.75 Å². The normalized spacial score (nSPS) is 9.89. The highest BCUT2D eigenvalue weighted by Gasteiger charge is 2.08. The maximum absolute atomic E-state index is 11.4. The number of rotatable bonds is 3. The summed E-state index contributed by atoms with van der Waals surface area (Å²) in [6.45, 7) is 0. The van der Waals surface area contributed by atoms with Crippen molar-refractivity contribution in [1.82, 2.24) is 4.98 Å². The van der Waals surface area contributed by atoms with Crippen LogP contribution in [0.15, 0.2) is 42.6 Å². The van der Waals surface area contributed by atoms with Crippen LogP contribution in [0.4, 0.5) is 0 Å². The molecule has 0 unspecified atom stereocenters. The van der Waals surface area contributed by atoms with E-state index in [9.17, 15) is 4.79 Å². The van der Waals surface area contributed by atoms with E-state index in [2.05, 4.69) is 9.72 Å². The van der Waals surface area contributed by atoms with Crippen LogP contribution in [0.1, 0.15) is 10.4 Å². The molecule has 0 aliphatic carbocycles. The summed E-state index contributed by atoms with van der Waals surface area (Å²) in [4.78, 5) is 15.7. The molecule has 2 aromatic rings. The highest BCUT2D eigenvalue weighted by atomic mass is 16.5. The Morgan fingerprint density at radius 2 is 2.00 bits per heavy atom. The average Bonchev–Trinajstić information content (AvgIpc) is 2.46. The van der Waals surface area contributed by atoms with Gasteiger partial charge in [-0.1, -0.05) is 12.1 Å². The number of hydrogen-bond acceptors (Lipinski definition) is 4. The molecule has 2 rings (SSSR count). The SMILES string of the molecule is COC(=O)c1ccnc(-c2cccc(OC)c2)c1. The average molecular weight is 243 g/mol. The number of esters is 1. The van der Waals surface area contributed by atoms with Crippen LogP contribution in [0.3, 0.4) is 0 Å². The Morgan fingerprint density at radius 3 is 2.72 bits per heavy atom.